The number of benzene rings is 1. The Bertz CT molecular complexity index is 474. The van der Waals surface area contributed by atoms with Crippen molar-refractivity contribution in [3.8, 4) is 5.75 Å². The van der Waals surface area contributed by atoms with Crippen LogP contribution in [0.25, 0.3) is 0 Å². The van der Waals surface area contributed by atoms with E-state index in [0.29, 0.717) is 24.5 Å². The lowest BCUT2D eigenvalue weighted by atomic mass is 10.1. The summed E-state index contributed by atoms with van der Waals surface area (Å²) >= 11 is 0. The minimum absolute atomic E-state index is 0.0589. The van der Waals surface area contributed by atoms with Gasteiger partial charge in [-0.3, -0.25) is 14.5 Å². The Morgan fingerprint density at radius 2 is 1.90 bits per heavy atom. The van der Waals surface area contributed by atoms with E-state index in [-0.39, 0.29) is 18.9 Å². The summed E-state index contributed by atoms with van der Waals surface area (Å²) in [5.41, 5.74) is 5.79. The number of unbranched alkanes of at least 4 members (excludes halogenated alkanes) is 1. The summed E-state index contributed by atoms with van der Waals surface area (Å²) < 4.78 is 5.47. The van der Waals surface area contributed by atoms with Crippen LogP contribution in [-0.4, -0.2) is 42.8 Å². The molecule has 0 atom stereocenters. The molecule has 0 aliphatic carbocycles. The highest BCUT2D eigenvalue weighted by Gasteiger charge is 2.17. The van der Waals surface area contributed by atoms with E-state index in [2.05, 4.69) is 6.92 Å². The fraction of sp³-hybridized carbons (Fsp3) is 0.500. The quantitative estimate of drug-likeness (QED) is 0.668. The summed E-state index contributed by atoms with van der Waals surface area (Å²) in [4.78, 5) is 25.3. The number of ether oxygens (including phenoxy) is 1. The number of nitrogens with two attached hydrogens (primary N) is 1. The molecule has 5 nitrogen and oxygen atoms in total. The van der Waals surface area contributed by atoms with Crippen molar-refractivity contribution in [3.05, 3.63) is 29.8 Å². The third-order valence-corrected chi connectivity index (χ3v) is 3.06. The van der Waals surface area contributed by atoms with E-state index in [9.17, 15) is 9.59 Å². The summed E-state index contributed by atoms with van der Waals surface area (Å²) in [6.07, 6.45) is 1.92. The van der Waals surface area contributed by atoms with Crippen LogP contribution in [0.15, 0.2) is 24.3 Å². The molecular weight excluding hydrogens is 268 g/mol. The van der Waals surface area contributed by atoms with E-state index in [4.69, 9.17) is 10.5 Å². The molecule has 1 rings (SSSR count). The van der Waals surface area contributed by atoms with Crippen LogP contribution in [0.2, 0.25) is 0 Å². The zero-order chi connectivity index (χ0) is 15.7. The molecule has 5 heteroatoms. The molecule has 0 bridgehead atoms. The van der Waals surface area contributed by atoms with Crippen LogP contribution in [0.1, 0.15) is 37.0 Å². The average molecular weight is 292 g/mol. The number of primary amides is 1. The number of para-hydroxylation sites is 1. The molecule has 0 unspecified atom stereocenters. The molecule has 1 amide bonds. The third kappa shape index (κ3) is 5.95. The second kappa shape index (κ2) is 9.13. The molecule has 0 spiro atoms. The van der Waals surface area contributed by atoms with Gasteiger partial charge in [0.15, 0.2) is 5.78 Å². The second-order valence-electron chi connectivity index (χ2n) is 4.88. The van der Waals surface area contributed by atoms with Gasteiger partial charge in [-0.25, -0.2) is 0 Å². The fourth-order valence-electron chi connectivity index (χ4n) is 2.08. The van der Waals surface area contributed by atoms with Gasteiger partial charge in [0.1, 0.15) is 5.75 Å². The van der Waals surface area contributed by atoms with Crippen LogP contribution >= 0.6 is 0 Å². The first kappa shape index (κ1) is 17.2. The van der Waals surface area contributed by atoms with Gasteiger partial charge >= 0.3 is 0 Å². The van der Waals surface area contributed by atoms with Crippen LogP contribution in [0.5, 0.6) is 5.75 Å². The number of hydrogen-bond donors (Lipinski definition) is 1. The number of carbonyl (C=O) groups is 2. The zero-order valence-electron chi connectivity index (χ0n) is 12.8. The van der Waals surface area contributed by atoms with Crippen LogP contribution in [-0.2, 0) is 4.79 Å². The van der Waals surface area contributed by atoms with Crippen molar-refractivity contribution in [2.75, 3.05) is 26.2 Å². The van der Waals surface area contributed by atoms with Crippen molar-refractivity contribution < 1.29 is 14.3 Å². The zero-order valence-corrected chi connectivity index (χ0v) is 12.8. The maximum Gasteiger partial charge on any atom is 0.231 e. The second-order valence-corrected chi connectivity index (χ2v) is 4.88. The molecule has 0 saturated carbocycles. The van der Waals surface area contributed by atoms with E-state index >= 15 is 0 Å². The summed E-state index contributed by atoms with van der Waals surface area (Å²) in [5.74, 6) is 0.105. The lowest BCUT2D eigenvalue weighted by Crippen LogP contribution is -2.38. The van der Waals surface area contributed by atoms with Crippen molar-refractivity contribution in [1.29, 1.82) is 0 Å². The summed E-state index contributed by atoms with van der Waals surface area (Å²) in [6, 6.07) is 7.16. The number of carbonyl (C=O) groups excluding carboxylic acids is 2. The molecule has 0 fully saturated rings. The fourth-order valence-corrected chi connectivity index (χ4v) is 2.08. The predicted molar refractivity (Wildman–Crippen MR) is 82.5 cm³/mol. The van der Waals surface area contributed by atoms with Crippen molar-refractivity contribution in [3.63, 3.8) is 0 Å². The minimum atomic E-state index is -0.419. The van der Waals surface area contributed by atoms with Crippen molar-refractivity contribution in [2.45, 2.75) is 26.7 Å². The Morgan fingerprint density at radius 3 is 2.52 bits per heavy atom. The largest absolute Gasteiger partial charge is 0.493 e. The number of ketones is 1. The highest BCUT2D eigenvalue weighted by atomic mass is 16.5. The van der Waals surface area contributed by atoms with Gasteiger partial charge in [-0.05, 0) is 32.0 Å². The number of hydrogen-bond acceptors (Lipinski definition) is 4. The topological polar surface area (TPSA) is 72.6 Å². The number of rotatable bonds is 10. The van der Waals surface area contributed by atoms with Gasteiger partial charge in [0.2, 0.25) is 5.91 Å². The molecule has 1 aromatic rings. The first-order chi connectivity index (χ1) is 10.1. The molecule has 2 N–H and O–H groups in total. The Balaban J connectivity index is 2.78. The lowest BCUT2D eigenvalue weighted by molar-refractivity contribution is -0.119. The van der Waals surface area contributed by atoms with Crippen molar-refractivity contribution in [1.82, 2.24) is 4.90 Å². The van der Waals surface area contributed by atoms with Gasteiger partial charge in [-0.2, -0.15) is 0 Å². The van der Waals surface area contributed by atoms with Crippen LogP contribution in [0.3, 0.4) is 0 Å². The summed E-state index contributed by atoms with van der Waals surface area (Å²) in [7, 11) is 0. The van der Waals surface area contributed by atoms with E-state index in [1.54, 1.807) is 23.1 Å². The van der Waals surface area contributed by atoms with Crippen LogP contribution in [0, 0.1) is 0 Å². The summed E-state index contributed by atoms with van der Waals surface area (Å²) in [5, 5.41) is 0. The first-order valence-electron chi connectivity index (χ1n) is 7.34. The Kier molecular flexibility index (Phi) is 7.46. The predicted octanol–water partition coefficient (Wildman–Crippen LogP) is 1.86. The highest BCUT2D eigenvalue weighted by Crippen LogP contribution is 2.19. The maximum atomic E-state index is 12.4. The smallest absolute Gasteiger partial charge is 0.231 e. The van der Waals surface area contributed by atoms with Crippen LogP contribution in [0.4, 0.5) is 0 Å². The van der Waals surface area contributed by atoms with E-state index in [1.807, 2.05) is 13.0 Å². The maximum absolute atomic E-state index is 12.4. The van der Waals surface area contributed by atoms with Gasteiger partial charge in [-0.15, -0.1) is 0 Å². The molecule has 116 valence electrons. The SMILES string of the molecule is CCCCN(CC(N)=O)CC(=O)c1ccccc1OCC. The minimum Gasteiger partial charge on any atom is -0.493 e. The Labute approximate surface area is 126 Å². The van der Waals surface area contributed by atoms with Gasteiger partial charge in [-0.1, -0.05) is 25.5 Å². The number of nitrogens with zero attached hydrogens (tertiary/aromatic N) is 1. The average Bonchev–Trinajstić information content (AvgIpc) is 2.45. The monoisotopic (exact) mass is 292 g/mol. The Hall–Kier alpha value is -1.88. The van der Waals surface area contributed by atoms with Gasteiger partial charge in [0.25, 0.3) is 0 Å². The molecule has 0 heterocycles. The van der Waals surface area contributed by atoms with Crippen molar-refractivity contribution >= 4 is 11.7 Å². The summed E-state index contributed by atoms with van der Waals surface area (Å²) in [6.45, 7) is 5.40. The molecule has 0 aliphatic heterocycles. The molecule has 0 aromatic heterocycles. The lowest BCUT2D eigenvalue weighted by Gasteiger charge is -2.20. The normalized spacial score (nSPS) is 10.6. The number of amides is 1. The molecule has 0 aliphatic rings. The highest BCUT2D eigenvalue weighted by molar-refractivity contribution is 6.00. The Morgan fingerprint density at radius 1 is 1.19 bits per heavy atom. The first-order valence-corrected chi connectivity index (χ1v) is 7.34. The van der Waals surface area contributed by atoms with Crippen molar-refractivity contribution in [2.24, 2.45) is 5.73 Å². The molecule has 0 saturated heterocycles. The van der Waals surface area contributed by atoms with E-state index < -0.39 is 5.91 Å². The molecule has 1 aromatic carbocycles. The van der Waals surface area contributed by atoms with Gasteiger partial charge < -0.3 is 10.5 Å². The van der Waals surface area contributed by atoms with E-state index in [1.165, 1.54) is 0 Å². The van der Waals surface area contributed by atoms with Gasteiger partial charge in [0.05, 0.1) is 25.3 Å². The molecule has 0 radical (unpaired) electrons. The van der Waals surface area contributed by atoms with E-state index in [0.717, 1.165) is 12.8 Å². The molecule has 21 heavy (non-hydrogen) atoms. The number of Topliss-reactive ketones (excluding diaryl/α,β-unsaturated/α-hetero) is 1. The van der Waals surface area contributed by atoms with Gasteiger partial charge in [0, 0.05) is 0 Å². The molecular formula is C16H24N2O3. The standard InChI is InChI=1S/C16H24N2O3/c1-3-5-10-18(12-16(17)20)11-14(19)13-8-6-7-9-15(13)21-4-2/h6-9H,3-5,10-12H2,1-2H3,(H2,17,20). The van der Waals surface area contributed by atoms with Crippen LogP contribution < -0.4 is 10.5 Å². The third-order valence-electron chi connectivity index (χ3n) is 3.06.